The fourth-order valence-electron chi connectivity index (χ4n) is 0.113. The molecular formula is C3H6ClO2. The molecule has 1 radical (unpaired) electrons. The van der Waals surface area contributed by atoms with Crippen LogP contribution in [0.4, 0.5) is 0 Å². The molecule has 0 aromatic carbocycles. The predicted molar refractivity (Wildman–Crippen MR) is 22.0 cm³/mol. The molecule has 0 aromatic rings. The van der Waals surface area contributed by atoms with Gasteiger partial charge in [0, 0.05) is 0 Å². The Morgan fingerprint density at radius 3 is 2.50 bits per heavy atom. The van der Waals surface area contributed by atoms with Crippen LogP contribution in [0, 0.1) is 0 Å². The van der Waals surface area contributed by atoms with E-state index in [2.05, 4.69) is 4.29 Å². The molecule has 0 N–H and O–H groups in total. The van der Waals surface area contributed by atoms with Crippen LogP contribution in [0.25, 0.3) is 0 Å². The summed E-state index contributed by atoms with van der Waals surface area (Å²) < 4.78 is 4.05. The van der Waals surface area contributed by atoms with E-state index in [1.54, 1.807) is 0 Å². The van der Waals surface area contributed by atoms with E-state index in [-0.39, 0.29) is 6.61 Å². The summed E-state index contributed by atoms with van der Waals surface area (Å²) in [6, 6.07) is 0. The molecule has 2 nitrogen and oxygen atoms in total. The highest BCUT2D eigenvalue weighted by Crippen LogP contribution is 1.81. The molecule has 3 heteroatoms. The minimum absolute atomic E-state index is 0.104. The van der Waals surface area contributed by atoms with Gasteiger partial charge in [0.15, 0.2) is 0 Å². The molecule has 0 spiro atoms. The maximum atomic E-state index is 9.55. The summed E-state index contributed by atoms with van der Waals surface area (Å²) >= 11 is 4.74. The predicted octanol–water partition coefficient (Wildman–Crippen LogP) is 0.977. The largest absolute Gasteiger partial charge is 0.279 e. The minimum atomic E-state index is -0.104. The van der Waals surface area contributed by atoms with E-state index in [0.717, 1.165) is 0 Å². The number of halogens is 1. The normalized spacial score (nSPS) is 9.00. The zero-order valence-electron chi connectivity index (χ0n) is 3.32. The average molecular weight is 110 g/mol. The molecule has 0 rings (SSSR count). The van der Waals surface area contributed by atoms with Crippen molar-refractivity contribution in [3.8, 4) is 0 Å². The Morgan fingerprint density at radius 1 is 1.67 bits per heavy atom. The van der Waals surface area contributed by atoms with Crippen molar-refractivity contribution in [2.45, 2.75) is 6.42 Å². The fraction of sp³-hybridized carbons (Fsp3) is 1.00. The fourth-order valence-corrected chi connectivity index (χ4v) is 0.223. The second-order valence-corrected chi connectivity index (χ2v) is 1.09. The Kier molecular flexibility index (Phi) is 5.39. The zero-order valence-corrected chi connectivity index (χ0v) is 4.07. The molecule has 0 unspecified atom stereocenters. The van der Waals surface area contributed by atoms with Gasteiger partial charge in [-0.1, -0.05) is 0 Å². The highest BCUT2D eigenvalue weighted by atomic mass is 35.5. The molecule has 0 amide bonds. The first-order valence-electron chi connectivity index (χ1n) is 1.73. The van der Waals surface area contributed by atoms with Gasteiger partial charge in [-0.25, -0.2) is 5.11 Å². The highest BCUT2D eigenvalue weighted by molar-refractivity contribution is 6.07. The summed E-state index contributed by atoms with van der Waals surface area (Å²) in [4.78, 5) is 0. The van der Waals surface area contributed by atoms with Gasteiger partial charge in [-0.15, -0.1) is 0 Å². The van der Waals surface area contributed by atoms with Gasteiger partial charge < -0.3 is 0 Å². The number of hydrogen-bond donors (Lipinski definition) is 0. The van der Waals surface area contributed by atoms with E-state index in [4.69, 9.17) is 11.9 Å². The van der Waals surface area contributed by atoms with Crippen molar-refractivity contribution in [3.63, 3.8) is 0 Å². The molecule has 0 saturated carbocycles. The van der Waals surface area contributed by atoms with E-state index >= 15 is 0 Å². The van der Waals surface area contributed by atoms with E-state index in [1.165, 1.54) is 0 Å². The summed E-state index contributed by atoms with van der Waals surface area (Å²) in [6.45, 7) is 0.262. The second kappa shape index (κ2) is 5.21. The molecule has 0 saturated heterocycles. The van der Waals surface area contributed by atoms with Crippen LogP contribution < -0.4 is 0 Å². The van der Waals surface area contributed by atoms with Gasteiger partial charge in [0.25, 0.3) is 0 Å². The van der Waals surface area contributed by atoms with Gasteiger partial charge in [-0.3, -0.25) is 4.29 Å². The lowest BCUT2D eigenvalue weighted by molar-refractivity contribution is 0.169. The van der Waals surface area contributed by atoms with Crippen LogP contribution in [0.1, 0.15) is 6.42 Å². The van der Waals surface area contributed by atoms with Gasteiger partial charge in [0.2, 0.25) is 0 Å². The van der Waals surface area contributed by atoms with E-state index < -0.39 is 0 Å². The highest BCUT2D eigenvalue weighted by Gasteiger charge is 1.79. The van der Waals surface area contributed by atoms with Gasteiger partial charge in [-0.2, -0.15) is 0 Å². The third kappa shape index (κ3) is 4.21. The Morgan fingerprint density at radius 2 is 2.33 bits per heavy atom. The van der Waals surface area contributed by atoms with Gasteiger partial charge in [0.1, 0.15) is 0 Å². The molecule has 37 valence electrons. The SMILES string of the molecule is [O]CCCOCl. The molecule has 6 heavy (non-hydrogen) atoms. The van der Waals surface area contributed by atoms with E-state index in [1.807, 2.05) is 0 Å². The second-order valence-electron chi connectivity index (χ2n) is 0.871. The van der Waals surface area contributed by atoms with Crippen molar-refractivity contribution in [2.75, 3.05) is 13.2 Å². The molecular weight excluding hydrogens is 103 g/mol. The van der Waals surface area contributed by atoms with Crippen molar-refractivity contribution in [3.05, 3.63) is 0 Å². The van der Waals surface area contributed by atoms with Crippen LogP contribution in [0.2, 0.25) is 0 Å². The molecule has 0 aliphatic rings. The molecule has 0 aliphatic carbocycles. The molecule has 0 atom stereocenters. The van der Waals surface area contributed by atoms with Crippen molar-refractivity contribution in [1.82, 2.24) is 0 Å². The summed E-state index contributed by atoms with van der Waals surface area (Å²) in [7, 11) is 0. The van der Waals surface area contributed by atoms with Gasteiger partial charge in [-0.05, 0) is 6.42 Å². The summed E-state index contributed by atoms with van der Waals surface area (Å²) in [6.07, 6.45) is 0.503. The van der Waals surface area contributed by atoms with Crippen LogP contribution in [-0.2, 0) is 9.40 Å². The Bertz CT molecular complexity index is 20.8. The molecule has 0 bridgehead atoms. The topological polar surface area (TPSA) is 29.1 Å². The zero-order chi connectivity index (χ0) is 4.83. The number of rotatable bonds is 3. The van der Waals surface area contributed by atoms with Crippen molar-refractivity contribution in [1.29, 1.82) is 0 Å². The third-order valence-corrected chi connectivity index (χ3v) is 0.520. The van der Waals surface area contributed by atoms with Crippen molar-refractivity contribution >= 4 is 11.9 Å². The first-order valence-corrected chi connectivity index (χ1v) is 2.04. The smallest absolute Gasteiger partial charge is 0.0844 e. The molecule has 0 aliphatic heterocycles. The van der Waals surface area contributed by atoms with Crippen LogP contribution >= 0.6 is 11.9 Å². The maximum absolute atomic E-state index is 9.55. The van der Waals surface area contributed by atoms with Crippen LogP contribution in [0.5, 0.6) is 0 Å². The van der Waals surface area contributed by atoms with Gasteiger partial charge >= 0.3 is 0 Å². The van der Waals surface area contributed by atoms with Crippen LogP contribution in [0.3, 0.4) is 0 Å². The Balaban J connectivity index is 2.34. The molecule has 0 aromatic heterocycles. The number of hydrogen-bond acceptors (Lipinski definition) is 1. The molecule has 0 heterocycles. The summed E-state index contributed by atoms with van der Waals surface area (Å²) in [5.74, 6) is 0. The maximum Gasteiger partial charge on any atom is 0.0844 e. The first kappa shape index (κ1) is 6.21. The summed E-state index contributed by atoms with van der Waals surface area (Å²) in [5.41, 5.74) is 0. The summed E-state index contributed by atoms with van der Waals surface area (Å²) in [5, 5.41) is 9.55. The third-order valence-electron chi connectivity index (χ3n) is 0.366. The lowest BCUT2D eigenvalue weighted by Gasteiger charge is -1.84. The lowest BCUT2D eigenvalue weighted by Crippen LogP contribution is -1.85. The van der Waals surface area contributed by atoms with Gasteiger partial charge in [0.05, 0.1) is 25.1 Å². The minimum Gasteiger partial charge on any atom is -0.279 e. The van der Waals surface area contributed by atoms with E-state index in [9.17, 15) is 5.11 Å². The van der Waals surface area contributed by atoms with Crippen LogP contribution in [0.15, 0.2) is 0 Å². The monoisotopic (exact) mass is 109 g/mol. The Labute approximate surface area is 41.9 Å². The van der Waals surface area contributed by atoms with Crippen molar-refractivity contribution in [2.24, 2.45) is 0 Å². The first-order chi connectivity index (χ1) is 2.91. The quantitative estimate of drug-likeness (QED) is 0.497. The Hall–Kier alpha value is 0.210. The van der Waals surface area contributed by atoms with E-state index in [0.29, 0.717) is 13.0 Å². The lowest BCUT2D eigenvalue weighted by atomic mass is 10.5. The molecule has 0 fully saturated rings. The van der Waals surface area contributed by atoms with Crippen molar-refractivity contribution < 1.29 is 9.40 Å². The average Bonchev–Trinajstić information content (AvgIpc) is 1.61. The standard InChI is InChI=1S/C3H6ClO2/c4-6-3-1-2-5/h1-3H2. The van der Waals surface area contributed by atoms with Crippen LogP contribution in [-0.4, -0.2) is 13.2 Å².